The van der Waals surface area contributed by atoms with Crippen LogP contribution in [0.2, 0.25) is 0 Å². The smallest absolute Gasteiger partial charge is 0.315 e. The number of Topliss-reactive ketones (excluding diaryl/α,β-unsaturated/α-hetero) is 1. The van der Waals surface area contributed by atoms with Crippen LogP contribution in [0.4, 0.5) is 0 Å². The fourth-order valence-electron chi connectivity index (χ4n) is 5.00. The summed E-state index contributed by atoms with van der Waals surface area (Å²) in [5.41, 5.74) is 3.55. The number of esters is 1. The average molecular weight is 462 g/mol. The maximum absolute atomic E-state index is 13.4. The van der Waals surface area contributed by atoms with E-state index in [1.807, 2.05) is 37.3 Å². The van der Waals surface area contributed by atoms with E-state index in [1.54, 1.807) is 12.1 Å². The Bertz CT molecular complexity index is 1160. The predicted molar refractivity (Wildman–Crippen MR) is 130 cm³/mol. The molecule has 1 N–H and O–H groups in total. The Morgan fingerprint density at radius 1 is 1.15 bits per heavy atom. The number of hydrogen-bond donors (Lipinski definition) is 1. The highest BCUT2D eigenvalue weighted by molar-refractivity contribution is 6.09. The third-order valence-corrected chi connectivity index (χ3v) is 6.60. The van der Waals surface area contributed by atoms with Gasteiger partial charge in [0, 0.05) is 35.7 Å². The molecule has 0 aromatic heterocycles. The van der Waals surface area contributed by atoms with Crippen LogP contribution in [0, 0.1) is 11.3 Å². The van der Waals surface area contributed by atoms with Gasteiger partial charge in [-0.05, 0) is 42.0 Å². The molecule has 0 saturated carbocycles. The summed E-state index contributed by atoms with van der Waals surface area (Å²) >= 11 is 0. The van der Waals surface area contributed by atoms with Crippen molar-refractivity contribution in [3.63, 3.8) is 0 Å². The van der Waals surface area contributed by atoms with Crippen LogP contribution in [0.5, 0.6) is 11.5 Å². The van der Waals surface area contributed by atoms with Crippen LogP contribution in [-0.4, -0.2) is 36.3 Å². The molecule has 1 aliphatic carbocycles. The molecule has 0 bridgehead atoms. The molecule has 1 unspecified atom stereocenters. The molecule has 0 saturated heterocycles. The highest BCUT2D eigenvalue weighted by Gasteiger charge is 2.46. The van der Waals surface area contributed by atoms with Crippen LogP contribution in [0.25, 0.3) is 0 Å². The van der Waals surface area contributed by atoms with Crippen LogP contribution >= 0.6 is 0 Å². The first kappa shape index (κ1) is 23.7. The number of ketones is 1. The van der Waals surface area contributed by atoms with E-state index in [9.17, 15) is 14.7 Å². The number of aliphatic imine (C=N–C) groups is 1. The number of carbonyl (C=O) groups is 2. The number of carbonyl (C=O) groups excluding carboxylic acids is 2. The van der Waals surface area contributed by atoms with Gasteiger partial charge in [0.15, 0.2) is 17.3 Å². The van der Waals surface area contributed by atoms with Crippen LogP contribution in [0.1, 0.15) is 50.7 Å². The monoisotopic (exact) mass is 461 g/mol. The Kier molecular flexibility index (Phi) is 6.60. The summed E-state index contributed by atoms with van der Waals surface area (Å²) in [6.07, 6.45) is 1.66. The molecule has 4 rings (SSSR count). The van der Waals surface area contributed by atoms with Gasteiger partial charge in [-0.25, -0.2) is 0 Å². The van der Waals surface area contributed by atoms with Crippen LogP contribution in [0.3, 0.4) is 0 Å². The molecule has 6 heteroatoms. The van der Waals surface area contributed by atoms with E-state index >= 15 is 0 Å². The number of aromatic hydroxyl groups is 1. The van der Waals surface area contributed by atoms with Crippen molar-refractivity contribution in [2.75, 3.05) is 13.7 Å². The summed E-state index contributed by atoms with van der Waals surface area (Å²) in [4.78, 5) is 31.5. The van der Waals surface area contributed by atoms with Crippen molar-refractivity contribution in [2.24, 2.45) is 16.3 Å². The maximum atomic E-state index is 13.4. The Hall–Kier alpha value is -3.41. The summed E-state index contributed by atoms with van der Waals surface area (Å²) in [6.45, 7) is 6.18. The highest BCUT2D eigenvalue weighted by Crippen LogP contribution is 2.48. The number of benzene rings is 2. The molecule has 178 valence electrons. The van der Waals surface area contributed by atoms with Gasteiger partial charge in [0.25, 0.3) is 0 Å². The minimum atomic E-state index is -0.728. The first-order valence-electron chi connectivity index (χ1n) is 11.6. The number of phenolic OH excluding ortho intramolecular Hbond substituents is 1. The molecular weight excluding hydrogens is 430 g/mol. The minimum absolute atomic E-state index is 0.000238. The summed E-state index contributed by atoms with van der Waals surface area (Å²) < 4.78 is 11.0. The van der Waals surface area contributed by atoms with Crippen molar-refractivity contribution in [3.8, 4) is 11.5 Å². The second kappa shape index (κ2) is 9.45. The fraction of sp³-hybridized carbons (Fsp3) is 0.393. The average Bonchev–Trinajstić information content (AvgIpc) is 2.78. The molecule has 2 aromatic rings. The first-order chi connectivity index (χ1) is 16.2. The molecule has 2 aliphatic rings. The Morgan fingerprint density at radius 3 is 2.59 bits per heavy atom. The lowest BCUT2D eigenvalue weighted by atomic mass is 9.67. The molecule has 1 heterocycles. The van der Waals surface area contributed by atoms with Crippen molar-refractivity contribution >= 4 is 17.5 Å². The molecule has 6 nitrogen and oxygen atoms in total. The van der Waals surface area contributed by atoms with Gasteiger partial charge in [0.05, 0.1) is 13.7 Å². The lowest BCUT2D eigenvalue weighted by Gasteiger charge is -2.39. The van der Waals surface area contributed by atoms with Gasteiger partial charge in [0.2, 0.25) is 0 Å². The third-order valence-electron chi connectivity index (χ3n) is 6.60. The summed E-state index contributed by atoms with van der Waals surface area (Å²) in [6, 6.07) is 14.8. The van der Waals surface area contributed by atoms with Gasteiger partial charge in [-0.1, -0.05) is 50.2 Å². The van der Waals surface area contributed by atoms with E-state index in [0.717, 1.165) is 16.8 Å². The number of rotatable bonds is 6. The second-order valence-corrected chi connectivity index (χ2v) is 9.84. The molecule has 34 heavy (non-hydrogen) atoms. The van der Waals surface area contributed by atoms with Crippen molar-refractivity contribution in [2.45, 2.75) is 46.0 Å². The van der Waals surface area contributed by atoms with E-state index in [1.165, 1.54) is 13.2 Å². The number of phenols is 1. The highest BCUT2D eigenvalue weighted by atomic mass is 16.5. The zero-order chi connectivity index (χ0) is 24.5. The van der Waals surface area contributed by atoms with Crippen LogP contribution in [0.15, 0.2) is 64.8 Å². The maximum Gasteiger partial charge on any atom is 0.315 e. The molecule has 2 atom stereocenters. The van der Waals surface area contributed by atoms with Gasteiger partial charge in [-0.3, -0.25) is 14.6 Å². The van der Waals surface area contributed by atoms with E-state index in [-0.39, 0.29) is 23.6 Å². The van der Waals surface area contributed by atoms with Crippen molar-refractivity contribution in [1.29, 1.82) is 0 Å². The molecule has 0 radical (unpaired) electrons. The van der Waals surface area contributed by atoms with E-state index < -0.39 is 17.8 Å². The van der Waals surface area contributed by atoms with Crippen LogP contribution < -0.4 is 4.74 Å². The van der Waals surface area contributed by atoms with E-state index in [0.29, 0.717) is 36.3 Å². The number of hydrogen-bond acceptors (Lipinski definition) is 6. The van der Waals surface area contributed by atoms with Crippen LogP contribution in [-0.2, 0) is 20.7 Å². The lowest BCUT2D eigenvalue weighted by Crippen LogP contribution is -2.39. The minimum Gasteiger partial charge on any atom is -0.504 e. The topological polar surface area (TPSA) is 85.2 Å². The van der Waals surface area contributed by atoms with Gasteiger partial charge < -0.3 is 14.6 Å². The van der Waals surface area contributed by atoms with E-state index in [4.69, 9.17) is 14.5 Å². The first-order valence-corrected chi connectivity index (χ1v) is 11.6. The number of methoxy groups -OCH3 is 1. The Morgan fingerprint density at radius 2 is 1.88 bits per heavy atom. The Labute approximate surface area is 200 Å². The number of allylic oxidation sites excluding steroid dienone is 2. The zero-order valence-corrected chi connectivity index (χ0v) is 20.1. The fourth-order valence-corrected chi connectivity index (χ4v) is 5.00. The normalized spacial score (nSPS) is 21.5. The van der Waals surface area contributed by atoms with E-state index in [2.05, 4.69) is 13.8 Å². The molecule has 0 fully saturated rings. The molecule has 1 aliphatic heterocycles. The second-order valence-electron chi connectivity index (χ2n) is 9.84. The molecule has 0 spiro atoms. The van der Waals surface area contributed by atoms with Crippen molar-refractivity contribution < 1.29 is 24.2 Å². The summed E-state index contributed by atoms with van der Waals surface area (Å²) in [5, 5.41) is 10.1. The van der Waals surface area contributed by atoms with Gasteiger partial charge in [-0.2, -0.15) is 0 Å². The van der Waals surface area contributed by atoms with Gasteiger partial charge in [0.1, 0.15) is 5.92 Å². The molecule has 0 amide bonds. The summed E-state index contributed by atoms with van der Waals surface area (Å²) in [5.74, 6) is -1.39. The van der Waals surface area contributed by atoms with Crippen molar-refractivity contribution in [3.05, 3.63) is 70.9 Å². The number of ether oxygens (including phenoxy) is 2. The zero-order valence-electron chi connectivity index (χ0n) is 20.1. The standard InChI is InChI=1S/C28H31NO5/c1-17-24(27(32)34-13-12-18-8-6-5-7-9-18)25(19-10-11-21(30)23(14-19)33-4)26-20(29-17)15-28(2,3)16-22(26)31/h5-11,14,24-25,30H,12-13,15-16H2,1-4H3/t24?,25-/m1/s1. The number of nitrogens with zero attached hydrogens (tertiary/aromatic N) is 1. The summed E-state index contributed by atoms with van der Waals surface area (Å²) in [7, 11) is 1.47. The quantitative estimate of drug-likeness (QED) is 0.612. The molecular formula is C28H31NO5. The largest absolute Gasteiger partial charge is 0.504 e. The van der Waals surface area contributed by atoms with Gasteiger partial charge in [-0.15, -0.1) is 0 Å². The molecule has 2 aromatic carbocycles. The van der Waals surface area contributed by atoms with Crippen molar-refractivity contribution in [1.82, 2.24) is 0 Å². The Balaban J connectivity index is 1.70. The lowest BCUT2D eigenvalue weighted by molar-refractivity contribution is -0.146. The predicted octanol–water partition coefficient (Wildman–Crippen LogP) is 5.00. The third kappa shape index (κ3) is 4.76. The van der Waals surface area contributed by atoms with Gasteiger partial charge >= 0.3 is 5.97 Å². The SMILES string of the molecule is COc1cc([C@H]2C3=C(CC(C)(C)CC3=O)N=C(C)C2C(=O)OCCc2ccccc2)ccc1O.